The highest BCUT2D eigenvalue weighted by Crippen LogP contribution is 2.31. The van der Waals surface area contributed by atoms with E-state index in [0.717, 1.165) is 0 Å². The lowest BCUT2D eigenvalue weighted by Gasteiger charge is -2.15. The Balaban J connectivity index is 1.87. The summed E-state index contributed by atoms with van der Waals surface area (Å²) < 4.78 is 15.5. The first-order valence-electron chi connectivity index (χ1n) is 7.86. The minimum atomic E-state index is -0.496. The van der Waals surface area contributed by atoms with Gasteiger partial charge in [-0.15, -0.1) is 0 Å². The van der Waals surface area contributed by atoms with Crippen molar-refractivity contribution in [3.63, 3.8) is 0 Å². The Morgan fingerprint density at radius 1 is 1.15 bits per heavy atom. The smallest absolute Gasteiger partial charge is 0.258 e. The van der Waals surface area contributed by atoms with Gasteiger partial charge < -0.3 is 9.88 Å². The van der Waals surface area contributed by atoms with E-state index in [4.69, 9.17) is 23.2 Å². The minimum absolute atomic E-state index is 0.150. The van der Waals surface area contributed by atoms with Crippen LogP contribution >= 0.6 is 23.2 Å². The SMILES string of the molecule is O=C(Nc1cnc2ccc(F)cc2c1-n1ccnc1)c1c(Cl)cccc1Cl. The quantitative estimate of drug-likeness (QED) is 0.519. The molecule has 1 N–H and O–H groups in total. The molecular formula is C19H11Cl2FN4O. The van der Waals surface area contributed by atoms with E-state index in [-0.39, 0.29) is 15.6 Å². The molecule has 4 aromatic rings. The molecule has 8 heteroatoms. The van der Waals surface area contributed by atoms with E-state index < -0.39 is 11.7 Å². The van der Waals surface area contributed by atoms with E-state index >= 15 is 0 Å². The molecule has 0 aliphatic rings. The Morgan fingerprint density at radius 3 is 2.63 bits per heavy atom. The first-order valence-corrected chi connectivity index (χ1v) is 8.62. The van der Waals surface area contributed by atoms with Gasteiger partial charge in [-0.05, 0) is 30.3 Å². The zero-order valence-electron chi connectivity index (χ0n) is 13.7. The van der Waals surface area contributed by atoms with Crippen LogP contribution in [-0.4, -0.2) is 20.4 Å². The minimum Gasteiger partial charge on any atom is -0.319 e. The van der Waals surface area contributed by atoms with Gasteiger partial charge in [0.1, 0.15) is 5.82 Å². The number of hydrogen-bond donors (Lipinski definition) is 1. The van der Waals surface area contributed by atoms with Crippen LogP contribution < -0.4 is 5.32 Å². The monoisotopic (exact) mass is 400 g/mol. The molecule has 0 radical (unpaired) electrons. The van der Waals surface area contributed by atoms with Crippen molar-refractivity contribution in [1.29, 1.82) is 0 Å². The fourth-order valence-electron chi connectivity index (χ4n) is 2.81. The van der Waals surface area contributed by atoms with Crippen LogP contribution in [0.25, 0.3) is 16.6 Å². The molecular weight excluding hydrogens is 390 g/mol. The summed E-state index contributed by atoms with van der Waals surface area (Å²) in [6.45, 7) is 0. The highest BCUT2D eigenvalue weighted by molar-refractivity contribution is 6.40. The van der Waals surface area contributed by atoms with Gasteiger partial charge in [0.05, 0.1) is 45.0 Å². The maximum absolute atomic E-state index is 13.8. The number of benzene rings is 2. The second kappa shape index (κ2) is 6.98. The fraction of sp³-hybridized carbons (Fsp3) is 0. The van der Waals surface area contributed by atoms with Crippen LogP contribution in [0, 0.1) is 5.82 Å². The van der Waals surface area contributed by atoms with Crippen molar-refractivity contribution in [3.8, 4) is 5.69 Å². The van der Waals surface area contributed by atoms with Gasteiger partial charge in [-0.3, -0.25) is 9.78 Å². The summed E-state index contributed by atoms with van der Waals surface area (Å²) in [4.78, 5) is 21.1. The number of rotatable bonds is 3. The normalized spacial score (nSPS) is 10.9. The van der Waals surface area contributed by atoms with Crippen molar-refractivity contribution in [2.45, 2.75) is 0 Å². The third kappa shape index (κ3) is 3.25. The first-order chi connectivity index (χ1) is 13.0. The van der Waals surface area contributed by atoms with Crippen LogP contribution in [0.1, 0.15) is 10.4 Å². The van der Waals surface area contributed by atoms with Crippen molar-refractivity contribution in [3.05, 3.63) is 82.7 Å². The summed E-state index contributed by atoms with van der Waals surface area (Å²) in [7, 11) is 0. The molecule has 1 amide bonds. The van der Waals surface area contributed by atoms with E-state index in [1.807, 2.05) is 0 Å². The number of fused-ring (bicyclic) bond motifs is 1. The van der Waals surface area contributed by atoms with Crippen molar-refractivity contribution in [1.82, 2.24) is 14.5 Å². The van der Waals surface area contributed by atoms with Crippen LogP contribution in [0.3, 0.4) is 0 Å². The molecule has 5 nitrogen and oxygen atoms in total. The number of carbonyl (C=O) groups excluding carboxylic acids is 1. The standard InChI is InChI=1S/C19H11Cl2FN4O/c20-13-2-1-3-14(21)17(13)19(27)25-16-9-24-15-5-4-11(22)8-12(15)18(16)26-7-6-23-10-26/h1-10H,(H,25,27). The van der Waals surface area contributed by atoms with Gasteiger partial charge in [0, 0.05) is 17.8 Å². The number of nitrogens with zero attached hydrogens (tertiary/aromatic N) is 3. The van der Waals surface area contributed by atoms with E-state index in [0.29, 0.717) is 22.3 Å². The number of imidazole rings is 1. The van der Waals surface area contributed by atoms with E-state index in [1.54, 1.807) is 47.6 Å². The van der Waals surface area contributed by atoms with Gasteiger partial charge >= 0.3 is 0 Å². The summed E-state index contributed by atoms with van der Waals surface area (Å²) >= 11 is 12.2. The molecule has 0 atom stereocenters. The Hall–Kier alpha value is -2.96. The molecule has 0 aliphatic carbocycles. The molecule has 0 saturated carbocycles. The molecule has 2 heterocycles. The number of amides is 1. The van der Waals surface area contributed by atoms with Crippen LogP contribution in [0.2, 0.25) is 10.0 Å². The highest BCUT2D eigenvalue weighted by Gasteiger charge is 2.18. The van der Waals surface area contributed by atoms with E-state index in [2.05, 4.69) is 15.3 Å². The molecule has 4 rings (SSSR count). The Bertz CT molecular complexity index is 1140. The molecule has 2 aromatic carbocycles. The maximum Gasteiger partial charge on any atom is 0.258 e. The van der Waals surface area contributed by atoms with E-state index in [1.165, 1.54) is 18.3 Å². The number of nitrogens with one attached hydrogen (secondary N) is 1. The lowest BCUT2D eigenvalue weighted by atomic mass is 10.1. The first kappa shape index (κ1) is 17.5. The molecule has 0 bridgehead atoms. The number of aromatic nitrogens is 3. The number of pyridine rings is 1. The van der Waals surface area contributed by atoms with Gasteiger partial charge in [0.25, 0.3) is 5.91 Å². The van der Waals surface area contributed by atoms with Crippen molar-refractivity contribution in [2.75, 3.05) is 5.32 Å². The number of hydrogen-bond acceptors (Lipinski definition) is 3. The van der Waals surface area contributed by atoms with Crippen LogP contribution in [0.15, 0.2) is 61.3 Å². The predicted molar refractivity (Wildman–Crippen MR) is 103 cm³/mol. The fourth-order valence-corrected chi connectivity index (χ4v) is 3.38. The zero-order valence-corrected chi connectivity index (χ0v) is 15.2. The zero-order chi connectivity index (χ0) is 19.0. The third-order valence-electron chi connectivity index (χ3n) is 4.00. The number of carbonyl (C=O) groups is 1. The number of halogens is 3. The van der Waals surface area contributed by atoms with Crippen LogP contribution in [0.5, 0.6) is 0 Å². The molecule has 0 spiro atoms. The second-order valence-corrected chi connectivity index (χ2v) is 6.52. The average molecular weight is 401 g/mol. The van der Waals surface area contributed by atoms with Gasteiger partial charge in [-0.1, -0.05) is 29.3 Å². The summed E-state index contributed by atoms with van der Waals surface area (Å²) in [5.74, 6) is -0.909. The summed E-state index contributed by atoms with van der Waals surface area (Å²) in [5, 5.41) is 3.74. The van der Waals surface area contributed by atoms with Gasteiger partial charge in [0.2, 0.25) is 0 Å². The van der Waals surface area contributed by atoms with Gasteiger partial charge in [-0.2, -0.15) is 0 Å². The Morgan fingerprint density at radius 2 is 1.93 bits per heavy atom. The average Bonchev–Trinajstić information content (AvgIpc) is 3.15. The topological polar surface area (TPSA) is 59.8 Å². The third-order valence-corrected chi connectivity index (χ3v) is 4.63. The summed E-state index contributed by atoms with van der Waals surface area (Å²) in [6.07, 6.45) is 6.33. The molecule has 0 unspecified atom stereocenters. The molecule has 134 valence electrons. The maximum atomic E-state index is 13.8. The molecule has 2 aromatic heterocycles. The lowest BCUT2D eigenvalue weighted by molar-refractivity contribution is 0.102. The van der Waals surface area contributed by atoms with Crippen LogP contribution in [-0.2, 0) is 0 Å². The molecule has 27 heavy (non-hydrogen) atoms. The predicted octanol–water partition coefficient (Wildman–Crippen LogP) is 5.12. The largest absolute Gasteiger partial charge is 0.319 e. The van der Waals surface area contributed by atoms with Crippen LogP contribution in [0.4, 0.5) is 10.1 Å². The number of anilines is 1. The van der Waals surface area contributed by atoms with E-state index in [9.17, 15) is 9.18 Å². The van der Waals surface area contributed by atoms with Crippen molar-refractivity contribution < 1.29 is 9.18 Å². The van der Waals surface area contributed by atoms with Gasteiger partial charge in [0.15, 0.2) is 0 Å². The highest BCUT2D eigenvalue weighted by atomic mass is 35.5. The van der Waals surface area contributed by atoms with Crippen molar-refractivity contribution in [2.24, 2.45) is 0 Å². The van der Waals surface area contributed by atoms with Gasteiger partial charge in [-0.25, -0.2) is 9.37 Å². The summed E-state index contributed by atoms with van der Waals surface area (Å²) in [5.41, 5.74) is 1.63. The molecule has 0 aliphatic heterocycles. The lowest BCUT2D eigenvalue weighted by Crippen LogP contribution is -2.15. The summed E-state index contributed by atoms with van der Waals surface area (Å²) in [6, 6.07) is 9.06. The molecule has 0 saturated heterocycles. The Kier molecular flexibility index (Phi) is 4.51. The molecule has 0 fully saturated rings. The van der Waals surface area contributed by atoms with Crippen molar-refractivity contribution >= 4 is 45.7 Å². The Labute approximate surface area is 163 Å². The second-order valence-electron chi connectivity index (χ2n) is 5.70.